The Labute approximate surface area is 229 Å². The van der Waals surface area contributed by atoms with E-state index in [1.165, 1.54) is 0 Å². The Balaban J connectivity index is 1.64. The molecule has 0 aromatic heterocycles. The van der Waals surface area contributed by atoms with Gasteiger partial charge in [0.2, 0.25) is 0 Å². The zero-order valence-electron chi connectivity index (χ0n) is 21.6. The predicted octanol–water partition coefficient (Wildman–Crippen LogP) is 7.34. The molecule has 0 N–H and O–H groups in total. The first-order chi connectivity index (χ1) is 17.8. The first kappa shape index (κ1) is 27.5. The number of halogens is 2. The van der Waals surface area contributed by atoms with E-state index in [1.807, 2.05) is 78.6 Å². The molecule has 4 rings (SSSR count). The molecule has 0 radical (unpaired) electrons. The van der Waals surface area contributed by atoms with Crippen molar-refractivity contribution >= 4 is 29.1 Å². The number of carbonyl (C=O) groups excluding carboxylic acids is 1. The second-order valence-electron chi connectivity index (χ2n) is 9.38. The summed E-state index contributed by atoms with van der Waals surface area (Å²) in [4.78, 5) is 15.6. The average Bonchev–Trinajstić information content (AvgIpc) is 2.90. The Hall–Kier alpha value is -2.57. The molecule has 7 heteroatoms. The molecule has 37 heavy (non-hydrogen) atoms. The van der Waals surface area contributed by atoms with Crippen molar-refractivity contribution < 1.29 is 19.0 Å². The number of amides is 1. The summed E-state index contributed by atoms with van der Waals surface area (Å²) < 4.78 is 18.0. The van der Waals surface area contributed by atoms with Crippen LogP contribution in [0.25, 0.3) is 0 Å². The summed E-state index contributed by atoms with van der Waals surface area (Å²) in [6.45, 7) is 6.69. The van der Waals surface area contributed by atoms with E-state index in [4.69, 9.17) is 37.4 Å². The van der Waals surface area contributed by atoms with Crippen molar-refractivity contribution in [3.05, 3.63) is 99.0 Å². The molecule has 0 unspecified atom stereocenters. The normalized spacial score (nSPS) is 20.6. The average molecular weight is 543 g/mol. The highest BCUT2D eigenvalue weighted by molar-refractivity contribution is 6.30. The highest BCUT2D eigenvalue weighted by Crippen LogP contribution is 2.44. The number of benzene rings is 3. The van der Waals surface area contributed by atoms with Crippen molar-refractivity contribution in [2.75, 3.05) is 13.7 Å². The Kier molecular flexibility index (Phi) is 9.14. The number of carbonyl (C=O) groups is 1. The fourth-order valence-corrected chi connectivity index (χ4v) is 5.18. The first-order valence-electron chi connectivity index (χ1n) is 12.5. The number of nitrogens with zero attached hydrogens (tertiary/aromatic N) is 1. The lowest BCUT2D eigenvalue weighted by molar-refractivity contribution is -0.179. The van der Waals surface area contributed by atoms with Crippen LogP contribution in [0.15, 0.2) is 66.7 Å². The largest absolute Gasteiger partial charge is 0.496 e. The van der Waals surface area contributed by atoms with E-state index in [0.717, 1.165) is 34.4 Å². The van der Waals surface area contributed by atoms with E-state index < -0.39 is 12.2 Å². The zero-order chi connectivity index (χ0) is 26.5. The minimum atomic E-state index is -0.608. The number of aryl methyl sites for hydroxylation is 1. The second-order valence-corrected chi connectivity index (χ2v) is 10.2. The van der Waals surface area contributed by atoms with Gasteiger partial charge in [-0.05, 0) is 72.9 Å². The Morgan fingerprint density at radius 1 is 1.00 bits per heavy atom. The number of rotatable bonds is 9. The molecule has 3 aromatic rings. The summed E-state index contributed by atoms with van der Waals surface area (Å²) in [6.07, 6.45) is -0.284. The Morgan fingerprint density at radius 3 is 2.43 bits per heavy atom. The monoisotopic (exact) mass is 541 g/mol. The van der Waals surface area contributed by atoms with Crippen molar-refractivity contribution in [1.82, 2.24) is 4.90 Å². The van der Waals surface area contributed by atoms with Crippen molar-refractivity contribution in [2.45, 2.75) is 58.1 Å². The van der Waals surface area contributed by atoms with Gasteiger partial charge in [0.05, 0.1) is 32.4 Å². The van der Waals surface area contributed by atoms with Gasteiger partial charge in [-0.25, -0.2) is 0 Å². The summed E-state index contributed by atoms with van der Waals surface area (Å²) in [5, 5.41) is 1.26. The fourth-order valence-electron chi connectivity index (χ4n) is 4.85. The van der Waals surface area contributed by atoms with Gasteiger partial charge in [0.1, 0.15) is 18.0 Å². The molecule has 1 aliphatic heterocycles. The summed E-state index contributed by atoms with van der Waals surface area (Å²) in [5.41, 5.74) is 3.95. The van der Waals surface area contributed by atoms with Crippen molar-refractivity contribution in [3.63, 3.8) is 0 Å². The van der Waals surface area contributed by atoms with Crippen LogP contribution < -0.4 is 4.74 Å². The van der Waals surface area contributed by atoms with Crippen LogP contribution in [-0.4, -0.2) is 36.7 Å². The maximum atomic E-state index is 13.7. The molecule has 1 aliphatic rings. The summed E-state index contributed by atoms with van der Waals surface area (Å²) >= 11 is 12.5. The van der Waals surface area contributed by atoms with Gasteiger partial charge in [-0.1, -0.05) is 66.5 Å². The lowest BCUT2D eigenvalue weighted by Gasteiger charge is -2.47. The number of methoxy groups -OCH3 is 1. The SMILES string of the molecule is CC[C@@H](COCc1ccc(C)c(OC)c1)N1C(=O)[C@@H](C)O[C@H](c2cccc(Cl)c2)[C@H]1c1ccc(Cl)cc1. The van der Waals surface area contributed by atoms with Gasteiger partial charge in [-0.3, -0.25) is 4.79 Å². The van der Waals surface area contributed by atoms with Crippen LogP contribution in [0.5, 0.6) is 5.75 Å². The molecule has 0 saturated carbocycles. The van der Waals surface area contributed by atoms with E-state index >= 15 is 0 Å². The number of hydrogen-bond acceptors (Lipinski definition) is 4. The molecule has 0 bridgehead atoms. The third kappa shape index (κ3) is 6.29. The van der Waals surface area contributed by atoms with E-state index in [9.17, 15) is 4.79 Å². The molecule has 1 saturated heterocycles. The quantitative estimate of drug-likeness (QED) is 0.284. The van der Waals surface area contributed by atoms with Gasteiger partial charge < -0.3 is 19.1 Å². The van der Waals surface area contributed by atoms with E-state index in [1.54, 1.807) is 14.0 Å². The van der Waals surface area contributed by atoms with Crippen LogP contribution in [0.4, 0.5) is 0 Å². The van der Waals surface area contributed by atoms with Crippen LogP contribution >= 0.6 is 23.2 Å². The van der Waals surface area contributed by atoms with E-state index in [0.29, 0.717) is 23.3 Å². The third-order valence-electron chi connectivity index (χ3n) is 6.84. The molecule has 1 heterocycles. The molecule has 5 nitrogen and oxygen atoms in total. The number of ether oxygens (including phenoxy) is 3. The molecular weight excluding hydrogens is 509 g/mol. The van der Waals surface area contributed by atoms with Crippen LogP contribution in [0.3, 0.4) is 0 Å². The van der Waals surface area contributed by atoms with Crippen LogP contribution in [0, 0.1) is 6.92 Å². The molecule has 3 aromatic carbocycles. The topological polar surface area (TPSA) is 48.0 Å². The van der Waals surface area contributed by atoms with Gasteiger partial charge in [-0.15, -0.1) is 0 Å². The van der Waals surface area contributed by atoms with Crippen LogP contribution in [0.2, 0.25) is 10.0 Å². The highest BCUT2D eigenvalue weighted by Gasteiger charge is 2.45. The zero-order valence-corrected chi connectivity index (χ0v) is 23.1. The van der Waals surface area contributed by atoms with Crippen LogP contribution in [0.1, 0.15) is 54.7 Å². The number of morpholine rings is 1. The van der Waals surface area contributed by atoms with Gasteiger partial charge in [0.25, 0.3) is 5.91 Å². The Bertz CT molecular complexity index is 1220. The maximum absolute atomic E-state index is 13.7. The minimum absolute atomic E-state index is 0.0642. The van der Waals surface area contributed by atoms with Gasteiger partial charge in [-0.2, -0.15) is 0 Å². The number of hydrogen-bond donors (Lipinski definition) is 0. The van der Waals surface area contributed by atoms with Gasteiger partial charge in [0, 0.05) is 10.0 Å². The lowest BCUT2D eigenvalue weighted by Crippen LogP contribution is -2.55. The summed E-state index contributed by atoms with van der Waals surface area (Å²) in [6, 6.07) is 20.7. The highest BCUT2D eigenvalue weighted by atomic mass is 35.5. The lowest BCUT2D eigenvalue weighted by atomic mass is 9.90. The molecule has 1 amide bonds. The van der Waals surface area contributed by atoms with E-state index in [2.05, 4.69) is 6.92 Å². The smallest absolute Gasteiger partial charge is 0.252 e. The fraction of sp³-hybridized carbons (Fsp3) is 0.367. The maximum Gasteiger partial charge on any atom is 0.252 e. The molecule has 196 valence electrons. The molecule has 0 spiro atoms. The van der Waals surface area contributed by atoms with Crippen molar-refractivity contribution in [1.29, 1.82) is 0 Å². The Morgan fingerprint density at radius 2 is 1.76 bits per heavy atom. The standard InChI is InChI=1S/C30H33Cl2NO4/c1-5-26(18-36-17-21-10-9-19(2)27(15-21)35-4)33-28(22-11-13-24(31)14-12-22)29(37-20(3)30(33)34)23-7-6-8-25(32)16-23/h6-16,20,26,28-29H,5,17-18H2,1-4H3/t20-,26+,28-,29-/m1/s1. The van der Waals surface area contributed by atoms with Gasteiger partial charge >= 0.3 is 0 Å². The third-order valence-corrected chi connectivity index (χ3v) is 7.33. The summed E-state index contributed by atoms with van der Waals surface area (Å²) in [5.74, 6) is 0.767. The second kappa shape index (κ2) is 12.3. The first-order valence-corrected chi connectivity index (χ1v) is 13.3. The molecule has 0 aliphatic carbocycles. The van der Waals surface area contributed by atoms with E-state index in [-0.39, 0.29) is 18.0 Å². The molecule has 1 fully saturated rings. The van der Waals surface area contributed by atoms with Crippen molar-refractivity contribution in [2.24, 2.45) is 0 Å². The van der Waals surface area contributed by atoms with Crippen LogP contribution in [-0.2, 0) is 20.9 Å². The summed E-state index contributed by atoms with van der Waals surface area (Å²) in [7, 11) is 1.67. The predicted molar refractivity (Wildman–Crippen MR) is 147 cm³/mol. The van der Waals surface area contributed by atoms with Crippen molar-refractivity contribution in [3.8, 4) is 5.75 Å². The van der Waals surface area contributed by atoms with Gasteiger partial charge in [0.15, 0.2) is 0 Å². The molecular formula is C30H33Cl2NO4. The minimum Gasteiger partial charge on any atom is -0.496 e. The molecule has 4 atom stereocenters.